The second-order valence-electron chi connectivity index (χ2n) is 6.67. The molecule has 0 saturated carbocycles. The van der Waals surface area contributed by atoms with Crippen LogP contribution in [-0.4, -0.2) is 30.6 Å². The average molecular weight is 403 g/mol. The van der Waals surface area contributed by atoms with E-state index in [0.717, 1.165) is 11.3 Å². The van der Waals surface area contributed by atoms with Crippen molar-refractivity contribution in [1.29, 1.82) is 0 Å². The van der Waals surface area contributed by atoms with Gasteiger partial charge in [-0.15, -0.1) is 0 Å². The first-order chi connectivity index (χ1) is 14.4. The lowest BCUT2D eigenvalue weighted by molar-refractivity contribution is -0.384. The number of carbonyl (C=O) groups is 1. The number of benzene rings is 2. The number of nitro benzene ring substituents is 1. The number of nitrogens with zero attached hydrogens (tertiary/aromatic N) is 5. The molecule has 2 N–H and O–H groups in total. The molecule has 0 saturated heterocycles. The van der Waals surface area contributed by atoms with Gasteiger partial charge in [0.1, 0.15) is 6.33 Å². The number of carbonyl (C=O) groups excluding carboxylic acids is 1. The Kier molecular flexibility index (Phi) is 4.80. The van der Waals surface area contributed by atoms with Gasteiger partial charge in [0, 0.05) is 17.7 Å². The molecule has 2 aromatic heterocycles. The lowest BCUT2D eigenvalue weighted by Crippen LogP contribution is -2.29. The summed E-state index contributed by atoms with van der Waals surface area (Å²) in [5, 5.41) is 15.9. The molecule has 0 spiro atoms. The molecule has 4 aromatic rings. The zero-order valence-corrected chi connectivity index (χ0v) is 16.2. The number of amides is 1. The lowest BCUT2D eigenvalue weighted by atomic mass is 10.1. The van der Waals surface area contributed by atoms with E-state index in [0.29, 0.717) is 16.9 Å². The largest absolute Gasteiger partial charge is 0.281 e. The number of aryl methyl sites for hydroxylation is 2. The van der Waals surface area contributed by atoms with Crippen LogP contribution in [0.25, 0.3) is 16.7 Å². The molecule has 1 amide bonds. The summed E-state index contributed by atoms with van der Waals surface area (Å²) in [5.41, 5.74) is 8.97. The summed E-state index contributed by atoms with van der Waals surface area (Å²) in [5.74, 6) is -0.180. The summed E-state index contributed by atoms with van der Waals surface area (Å²) in [7, 11) is 0. The van der Waals surface area contributed by atoms with Crippen LogP contribution in [0.4, 0.5) is 11.5 Å². The quantitative estimate of drug-likeness (QED) is 0.387. The summed E-state index contributed by atoms with van der Waals surface area (Å²) in [6, 6.07) is 11.4. The monoisotopic (exact) mass is 403 g/mol. The molecule has 0 atom stereocenters. The SMILES string of the molecule is Cc1ccc(-n2ncc3c(NNC(=O)c4cccc([N+](=O)[O-])c4)ncnc32)cc1C. The molecule has 0 unspecified atom stereocenters. The van der Waals surface area contributed by atoms with Gasteiger partial charge >= 0.3 is 0 Å². The van der Waals surface area contributed by atoms with E-state index in [2.05, 4.69) is 25.9 Å². The fourth-order valence-corrected chi connectivity index (χ4v) is 2.94. The molecule has 30 heavy (non-hydrogen) atoms. The van der Waals surface area contributed by atoms with Crippen molar-refractivity contribution in [2.75, 3.05) is 5.43 Å². The Morgan fingerprint density at radius 1 is 1.10 bits per heavy atom. The maximum Gasteiger partial charge on any atom is 0.270 e. The van der Waals surface area contributed by atoms with Crippen LogP contribution in [0.5, 0.6) is 0 Å². The molecule has 2 aromatic carbocycles. The highest BCUT2D eigenvalue weighted by Gasteiger charge is 2.14. The van der Waals surface area contributed by atoms with Gasteiger partial charge in [-0.05, 0) is 43.2 Å². The zero-order chi connectivity index (χ0) is 21.3. The maximum atomic E-state index is 12.4. The smallest absolute Gasteiger partial charge is 0.270 e. The molecule has 0 aliphatic heterocycles. The minimum absolute atomic E-state index is 0.146. The summed E-state index contributed by atoms with van der Waals surface area (Å²) in [4.78, 5) is 31.2. The fraction of sp³-hybridized carbons (Fsp3) is 0.100. The maximum absolute atomic E-state index is 12.4. The van der Waals surface area contributed by atoms with Crippen molar-refractivity contribution in [2.45, 2.75) is 13.8 Å². The molecular weight excluding hydrogens is 386 g/mol. The number of anilines is 1. The van der Waals surface area contributed by atoms with Crippen LogP contribution in [0.2, 0.25) is 0 Å². The molecule has 150 valence electrons. The Bertz CT molecular complexity index is 1280. The lowest BCUT2D eigenvalue weighted by Gasteiger charge is -2.09. The van der Waals surface area contributed by atoms with E-state index in [4.69, 9.17) is 0 Å². The van der Waals surface area contributed by atoms with Gasteiger partial charge in [0.25, 0.3) is 11.6 Å². The van der Waals surface area contributed by atoms with Gasteiger partial charge in [-0.25, -0.2) is 14.6 Å². The third-order valence-electron chi connectivity index (χ3n) is 4.71. The highest BCUT2D eigenvalue weighted by molar-refractivity contribution is 5.96. The predicted molar refractivity (Wildman–Crippen MR) is 110 cm³/mol. The first-order valence-corrected chi connectivity index (χ1v) is 9.01. The standard InChI is InChI=1S/C20H17N7O3/c1-12-6-7-15(8-13(12)2)26-19-17(10-23-26)18(21-11-22-19)24-25-20(28)14-4-3-5-16(9-14)27(29)30/h3-11H,1-2H3,(H,25,28)(H,21,22,24). The molecule has 0 bridgehead atoms. The molecular formula is C20H17N7O3. The van der Waals surface area contributed by atoms with Crippen molar-refractivity contribution < 1.29 is 9.72 Å². The Morgan fingerprint density at radius 2 is 1.93 bits per heavy atom. The van der Waals surface area contributed by atoms with Crippen LogP contribution in [0, 0.1) is 24.0 Å². The van der Waals surface area contributed by atoms with Gasteiger partial charge in [0.05, 0.1) is 22.2 Å². The minimum Gasteiger partial charge on any atom is -0.281 e. The van der Waals surface area contributed by atoms with Crippen LogP contribution in [-0.2, 0) is 0 Å². The summed E-state index contributed by atoms with van der Waals surface area (Å²) in [6.07, 6.45) is 2.97. The number of fused-ring (bicyclic) bond motifs is 1. The molecule has 2 heterocycles. The van der Waals surface area contributed by atoms with Crippen LogP contribution in [0.15, 0.2) is 55.0 Å². The van der Waals surface area contributed by atoms with Gasteiger partial charge in [-0.3, -0.25) is 25.8 Å². The molecule has 10 nitrogen and oxygen atoms in total. The van der Waals surface area contributed by atoms with Gasteiger partial charge in [-0.1, -0.05) is 12.1 Å². The first-order valence-electron chi connectivity index (χ1n) is 9.01. The predicted octanol–water partition coefficient (Wildman–Crippen LogP) is 3.10. The van der Waals surface area contributed by atoms with Crippen molar-refractivity contribution >= 4 is 28.4 Å². The number of nitro groups is 1. The second kappa shape index (κ2) is 7.59. The summed E-state index contributed by atoms with van der Waals surface area (Å²) in [6.45, 7) is 4.06. The van der Waals surface area contributed by atoms with E-state index < -0.39 is 10.8 Å². The van der Waals surface area contributed by atoms with Gasteiger partial charge in [0.2, 0.25) is 0 Å². The fourth-order valence-electron chi connectivity index (χ4n) is 2.94. The Morgan fingerprint density at radius 3 is 2.70 bits per heavy atom. The highest BCUT2D eigenvalue weighted by Crippen LogP contribution is 2.22. The Labute approximate surface area is 170 Å². The van der Waals surface area contributed by atoms with E-state index in [1.54, 1.807) is 10.9 Å². The van der Waals surface area contributed by atoms with Crippen molar-refractivity contribution in [3.8, 4) is 5.69 Å². The van der Waals surface area contributed by atoms with Crippen molar-refractivity contribution in [3.63, 3.8) is 0 Å². The van der Waals surface area contributed by atoms with Crippen LogP contribution < -0.4 is 10.9 Å². The number of hydrazine groups is 1. The first kappa shape index (κ1) is 19.0. The second-order valence-corrected chi connectivity index (χ2v) is 6.67. The minimum atomic E-state index is -0.556. The number of hydrogen-bond donors (Lipinski definition) is 2. The third kappa shape index (κ3) is 3.53. The Balaban J connectivity index is 1.59. The van der Waals surface area contributed by atoms with Crippen molar-refractivity contribution in [2.24, 2.45) is 0 Å². The van der Waals surface area contributed by atoms with Gasteiger partial charge in [-0.2, -0.15) is 5.10 Å². The number of rotatable bonds is 5. The van der Waals surface area contributed by atoms with E-state index in [1.807, 2.05) is 32.0 Å². The topological polar surface area (TPSA) is 128 Å². The van der Waals surface area contributed by atoms with Crippen LogP contribution in [0.1, 0.15) is 21.5 Å². The van der Waals surface area contributed by atoms with E-state index in [1.165, 1.54) is 36.2 Å². The number of hydrogen-bond acceptors (Lipinski definition) is 7. The summed E-state index contributed by atoms with van der Waals surface area (Å²) >= 11 is 0. The molecule has 0 fully saturated rings. The molecule has 0 aliphatic rings. The normalized spacial score (nSPS) is 10.7. The van der Waals surface area contributed by atoms with Crippen molar-refractivity contribution in [1.82, 2.24) is 25.2 Å². The number of aromatic nitrogens is 4. The number of non-ortho nitro benzene ring substituents is 1. The average Bonchev–Trinajstić information content (AvgIpc) is 3.19. The van der Waals surface area contributed by atoms with Gasteiger partial charge in [0.15, 0.2) is 11.5 Å². The van der Waals surface area contributed by atoms with E-state index >= 15 is 0 Å². The third-order valence-corrected chi connectivity index (χ3v) is 4.71. The molecule has 4 rings (SSSR count). The van der Waals surface area contributed by atoms with E-state index in [-0.39, 0.29) is 11.3 Å². The molecule has 0 radical (unpaired) electrons. The highest BCUT2D eigenvalue weighted by atomic mass is 16.6. The van der Waals surface area contributed by atoms with E-state index in [9.17, 15) is 14.9 Å². The number of nitrogens with one attached hydrogen (secondary N) is 2. The molecule has 10 heteroatoms. The van der Waals surface area contributed by atoms with Crippen LogP contribution in [0.3, 0.4) is 0 Å². The van der Waals surface area contributed by atoms with Crippen LogP contribution >= 0.6 is 0 Å². The summed E-state index contributed by atoms with van der Waals surface area (Å²) < 4.78 is 1.69. The Hall–Kier alpha value is -4.34. The molecule has 0 aliphatic carbocycles. The van der Waals surface area contributed by atoms with Gasteiger partial charge < -0.3 is 0 Å². The zero-order valence-electron chi connectivity index (χ0n) is 16.2. The van der Waals surface area contributed by atoms with Crippen molar-refractivity contribution in [3.05, 3.63) is 81.8 Å².